The quantitative estimate of drug-likeness (QED) is 0.914. The maximum Gasteiger partial charge on any atom is 0.133 e. The van der Waals surface area contributed by atoms with Gasteiger partial charge in [-0.1, -0.05) is 18.2 Å². The molecule has 0 aliphatic carbocycles. The summed E-state index contributed by atoms with van der Waals surface area (Å²) in [7, 11) is 2.16. The van der Waals surface area contributed by atoms with Crippen LogP contribution in [0.4, 0.5) is 10.2 Å². The third-order valence-corrected chi connectivity index (χ3v) is 4.54. The molecule has 1 aliphatic rings. The molecule has 128 valence electrons. The minimum Gasteiger partial charge on any atom is -0.354 e. The zero-order valence-corrected chi connectivity index (χ0v) is 14.4. The molecule has 1 saturated heterocycles. The Hall–Kier alpha value is -1.98. The predicted octanol–water partition coefficient (Wildman–Crippen LogP) is 2.57. The summed E-state index contributed by atoms with van der Waals surface area (Å²) in [5, 5.41) is 3.45. The van der Waals surface area contributed by atoms with Crippen LogP contribution in [-0.2, 0) is 13.1 Å². The summed E-state index contributed by atoms with van der Waals surface area (Å²) >= 11 is 0. The number of halogens is 1. The van der Waals surface area contributed by atoms with Crippen LogP contribution < -0.4 is 10.2 Å². The zero-order chi connectivity index (χ0) is 16.9. The van der Waals surface area contributed by atoms with Gasteiger partial charge < -0.3 is 15.1 Å². The van der Waals surface area contributed by atoms with Crippen molar-refractivity contribution >= 4 is 5.82 Å². The molecule has 1 aromatic heterocycles. The van der Waals surface area contributed by atoms with Gasteiger partial charge >= 0.3 is 0 Å². The molecule has 0 bridgehead atoms. The second kappa shape index (κ2) is 7.73. The lowest BCUT2D eigenvalue weighted by Crippen LogP contribution is -2.45. The van der Waals surface area contributed by atoms with Gasteiger partial charge in [-0.15, -0.1) is 0 Å². The fourth-order valence-corrected chi connectivity index (χ4v) is 3.03. The first kappa shape index (κ1) is 16.9. The number of pyridine rings is 1. The van der Waals surface area contributed by atoms with Crippen LogP contribution in [0.15, 0.2) is 36.5 Å². The average molecular weight is 328 g/mol. The Bertz CT molecular complexity index is 681. The van der Waals surface area contributed by atoms with Crippen molar-refractivity contribution in [3.8, 4) is 0 Å². The molecule has 1 aliphatic heterocycles. The molecular weight excluding hydrogens is 303 g/mol. The van der Waals surface area contributed by atoms with Gasteiger partial charge in [0.15, 0.2) is 0 Å². The summed E-state index contributed by atoms with van der Waals surface area (Å²) in [4.78, 5) is 9.30. The Morgan fingerprint density at radius 2 is 1.92 bits per heavy atom. The van der Waals surface area contributed by atoms with Crippen LogP contribution in [0.2, 0.25) is 0 Å². The second-order valence-corrected chi connectivity index (χ2v) is 6.46. The summed E-state index contributed by atoms with van der Waals surface area (Å²) in [6.45, 7) is 7.43. The van der Waals surface area contributed by atoms with Gasteiger partial charge in [-0.05, 0) is 37.2 Å². The normalized spacial score (nSPS) is 15.7. The smallest absolute Gasteiger partial charge is 0.133 e. The van der Waals surface area contributed by atoms with Crippen molar-refractivity contribution in [1.82, 2.24) is 15.2 Å². The van der Waals surface area contributed by atoms with E-state index in [9.17, 15) is 4.39 Å². The molecule has 1 N–H and O–H groups in total. The van der Waals surface area contributed by atoms with E-state index < -0.39 is 0 Å². The van der Waals surface area contributed by atoms with Crippen molar-refractivity contribution in [3.05, 3.63) is 59.0 Å². The lowest BCUT2D eigenvalue weighted by molar-refractivity contribution is 0.311. The summed E-state index contributed by atoms with van der Waals surface area (Å²) < 4.78 is 13.3. The third-order valence-electron chi connectivity index (χ3n) is 4.54. The number of aromatic nitrogens is 1. The summed E-state index contributed by atoms with van der Waals surface area (Å²) in [5.74, 6) is 0.928. The summed E-state index contributed by atoms with van der Waals surface area (Å²) in [6.07, 6.45) is 1.86. The molecule has 0 spiro atoms. The number of aryl methyl sites for hydroxylation is 1. The van der Waals surface area contributed by atoms with Crippen LogP contribution in [0.25, 0.3) is 0 Å². The van der Waals surface area contributed by atoms with Crippen molar-refractivity contribution in [2.45, 2.75) is 20.0 Å². The Kier molecular flexibility index (Phi) is 5.43. The maximum atomic E-state index is 13.3. The number of anilines is 1. The second-order valence-electron chi connectivity index (χ2n) is 6.46. The van der Waals surface area contributed by atoms with E-state index in [0.29, 0.717) is 5.56 Å². The van der Waals surface area contributed by atoms with E-state index in [4.69, 9.17) is 0 Å². The zero-order valence-electron chi connectivity index (χ0n) is 14.4. The van der Waals surface area contributed by atoms with Crippen LogP contribution in [-0.4, -0.2) is 43.1 Å². The highest BCUT2D eigenvalue weighted by Crippen LogP contribution is 2.19. The fraction of sp³-hybridized carbons (Fsp3) is 0.421. The van der Waals surface area contributed by atoms with Gasteiger partial charge in [0.1, 0.15) is 11.6 Å². The van der Waals surface area contributed by atoms with Crippen LogP contribution >= 0.6 is 0 Å². The number of nitrogens with one attached hydrogen (secondary N) is 1. The predicted molar refractivity (Wildman–Crippen MR) is 95.6 cm³/mol. The first-order valence-corrected chi connectivity index (χ1v) is 8.46. The van der Waals surface area contributed by atoms with Gasteiger partial charge in [-0.3, -0.25) is 0 Å². The van der Waals surface area contributed by atoms with E-state index in [1.54, 1.807) is 6.92 Å². The minimum atomic E-state index is -0.150. The van der Waals surface area contributed by atoms with E-state index in [2.05, 4.69) is 33.2 Å². The number of hydrogen-bond acceptors (Lipinski definition) is 4. The Labute approximate surface area is 143 Å². The van der Waals surface area contributed by atoms with Crippen molar-refractivity contribution < 1.29 is 4.39 Å². The maximum absolute atomic E-state index is 13.3. The molecule has 24 heavy (non-hydrogen) atoms. The van der Waals surface area contributed by atoms with Crippen molar-refractivity contribution in [3.63, 3.8) is 0 Å². The number of benzene rings is 1. The SMILES string of the molecule is Cc1cc(CNCc2cccnc2N2CCN(C)CC2)ccc1F. The first-order chi connectivity index (χ1) is 11.6. The number of hydrogen-bond donors (Lipinski definition) is 1. The molecule has 4 nitrogen and oxygen atoms in total. The molecule has 0 saturated carbocycles. The lowest BCUT2D eigenvalue weighted by atomic mass is 10.1. The molecule has 5 heteroatoms. The third kappa shape index (κ3) is 4.10. The average Bonchev–Trinajstić information content (AvgIpc) is 2.59. The van der Waals surface area contributed by atoms with Gasteiger partial charge in [0.2, 0.25) is 0 Å². The molecule has 2 heterocycles. The molecule has 0 amide bonds. The van der Waals surface area contributed by atoms with Gasteiger partial charge in [0, 0.05) is 51.0 Å². The highest BCUT2D eigenvalue weighted by atomic mass is 19.1. The Balaban J connectivity index is 1.62. The molecule has 0 atom stereocenters. The van der Waals surface area contributed by atoms with Gasteiger partial charge in [-0.25, -0.2) is 9.37 Å². The molecule has 1 aromatic carbocycles. The molecule has 2 aromatic rings. The topological polar surface area (TPSA) is 31.4 Å². The monoisotopic (exact) mass is 328 g/mol. The Morgan fingerprint density at radius 3 is 2.67 bits per heavy atom. The highest BCUT2D eigenvalue weighted by molar-refractivity contribution is 5.47. The van der Waals surface area contributed by atoms with Crippen molar-refractivity contribution in [1.29, 1.82) is 0 Å². The number of rotatable bonds is 5. The van der Waals surface area contributed by atoms with E-state index in [0.717, 1.165) is 50.6 Å². The standard InChI is InChI=1S/C19H25FN4/c1-15-12-16(5-6-18(15)20)13-21-14-17-4-3-7-22-19(17)24-10-8-23(2)9-11-24/h3-7,12,21H,8-11,13-14H2,1-2H3. The van der Waals surface area contributed by atoms with E-state index in [-0.39, 0.29) is 5.82 Å². The van der Waals surface area contributed by atoms with Crippen molar-refractivity contribution in [2.24, 2.45) is 0 Å². The first-order valence-electron chi connectivity index (χ1n) is 8.46. The summed E-state index contributed by atoms with van der Waals surface area (Å²) in [5.41, 5.74) is 2.99. The van der Waals surface area contributed by atoms with Crippen LogP contribution in [0, 0.1) is 12.7 Å². The molecule has 0 unspecified atom stereocenters. The number of likely N-dealkylation sites (N-methyl/N-ethyl adjacent to an activating group) is 1. The van der Waals surface area contributed by atoms with E-state index in [1.165, 1.54) is 11.6 Å². The largest absolute Gasteiger partial charge is 0.354 e. The number of nitrogens with zero attached hydrogens (tertiary/aromatic N) is 3. The number of piperazine rings is 1. The molecular formula is C19H25FN4. The molecule has 1 fully saturated rings. The summed E-state index contributed by atoms with van der Waals surface area (Å²) in [6, 6.07) is 9.38. The van der Waals surface area contributed by atoms with E-state index >= 15 is 0 Å². The minimum absolute atomic E-state index is 0.150. The molecule has 0 radical (unpaired) electrons. The van der Waals surface area contributed by atoms with Crippen LogP contribution in [0.1, 0.15) is 16.7 Å². The molecule has 3 rings (SSSR count). The van der Waals surface area contributed by atoms with Crippen LogP contribution in [0.3, 0.4) is 0 Å². The fourth-order valence-electron chi connectivity index (χ4n) is 3.03. The van der Waals surface area contributed by atoms with Crippen molar-refractivity contribution in [2.75, 3.05) is 38.1 Å². The Morgan fingerprint density at radius 1 is 1.12 bits per heavy atom. The van der Waals surface area contributed by atoms with Gasteiger partial charge in [-0.2, -0.15) is 0 Å². The van der Waals surface area contributed by atoms with Gasteiger partial charge in [0.05, 0.1) is 0 Å². The van der Waals surface area contributed by atoms with Gasteiger partial charge in [0.25, 0.3) is 0 Å². The van der Waals surface area contributed by atoms with E-state index in [1.807, 2.05) is 24.4 Å². The highest BCUT2D eigenvalue weighted by Gasteiger charge is 2.17. The van der Waals surface area contributed by atoms with Crippen LogP contribution in [0.5, 0.6) is 0 Å². The lowest BCUT2D eigenvalue weighted by Gasteiger charge is -2.34.